The van der Waals surface area contributed by atoms with E-state index in [1.807, 2.05) is 6.07 Å². The molecule has 27 heavy (non-hydrogen) atoms. The average molecular weight is 393 g/mol. The van der Waals surface area contributed by atoms with Crippen molar-refractivity contribution in [1.82, 2.24) is 9.71 Å². The molecule has 0 amide bonds. The van der Waals surface area contributed by atoms with Crippen LogP contribution in [0.25, 0.3) is 0 Å². The van der Waals surface area contributed by atoms with Crippen LogP contribution in [0.4, 0.5) is 8.78 Å². The minimum Gasteiger partial charge on any atom is -0.474 e. The molecular weight excluding hydrogens is 376 g/mol. The quantitative estimate of drug-likeness (QED) is 0.843. The number of hydrogen-bond donors (Lipinski definition) is 1. The standard InChI is InChI=1S/C18H17F2N3O3S/c19-13-7-14(20)9-17(8-13)27(24,25)23-15-2-4-16(5-3-15)26-18-6-1-12(10-21)11-22-18/h1,6-9,11,15-16,23H,2-5H2. The number of halogens is 2. The fourth-order valence-corrected chi connectivity index (χ4v) is 4.30. The number of benzene rings is 1. The van der Waals surface area contributed by atoms with Crippen molar-refractivity contribution in [2.24, 2.45) is 0 Å². The number of nitrogens with one attached hydrogen (secondary N) is 1. The first-order valence-electron chi connectivity index (χ1n) is 8.37. The van der Waals surface area contributed by atoms with E-state index in [2.05, 4.69) is 9.71 Å². The lowest BCUT2D eigenvalue weighted by Gasteiger charge is -2.29. The summed E-state index contributed by atoms with van der Waals surface area (Å²) < 4.78 is 59.4. The molecule has 0 unspecified atom stereocenters. The Morgan fingerprint density at radius 2 is 1.78 bits per heavy atom. The summed E-state index contributed by atoms with van der Waals surface area (Å²) in [4.78, 5) is 3.62. The Labute approximate surface area is 155 Å². The maximum absolute atomic E-state index is 13.3. The van der Waals surface area contributed by atoms with Crippen LogP contribution in [0.1, 0.15) is 31.2 Å². The van der Waals surface area contributed by atoms with Gasteiger partial charge in [-0.25, -0.2) is 26.9 Å². The molecule has 1 saturated carbocycles. The van der Waals surface area contributed by atoms with Crippen LogP contribution in [0.5, 0.6) is 5.88 Å². The van der Waals surface area contributed by atoms with Crippen molar-refractivity contribution in [2.45, 2.75) is 42.7 Å². The fraction of sp³-hybridized carbons (Fsp3) is 0.333. The third-order valence-corrected chi connectivity index (χ3v) is 5.80. The van der Waals surface area contributed by atoms with Crippen molar-refractivity contribution in [1.29, 1.82) is 5.26 Å². The van der Waals surface area contributed by atoms with Crippen LogP contribution in [0.2, 0.25) is 0 Å². The molecule has 1 aliphatic rings. The number of pyridine rings is 1. The van der Waals surface area contributed by atoms with Crippen LogP contribution >= 0.6 is 0 Å². The van der Waals surface area contributed by atoms with Crippen molar-refractivity contribution in [2.75, 3.05) is 0 Å². The number of aromatic nitrogens is 1. The van der Waals surface area contributed by atoms with Gasteiger partial charge in [0.25, 0.3) is 0 Å². The number of nitrogens with zero attached hydrogens (tertiary/aromatic N) is 2. The van der Waals surface area contributed by atoms with E-state index in [0.29, 0.717) is 43.2 Å². The van der Waals surface area contributed by atoms with Gasteiger partial charge in [-0.2, -0.15) is 5.26 Å². The molecule has 0 saturated heterocycles. The lowest BCUT2D eigenvalue weighted by Crippen LogP contribution is -2.39. The van der Waals surface area contributed by atoms with Gasteiger partial charge in [-0.3, -0.25) is 0 Å². The zero-order chi connectivity index (χ0) is 19.4. The predicted octanol–water partition coefficient (Wildman–Crippen LogP) is 2.90. The van der Waals surface area contributed by atoms with Gasteiger partial charge in [0, 0.05) is 24.4 Å². The summed E-state index contributed by atoms with van der Waals surface area (Å²) in [5, 5.41) is 8.76. The molecule has 0 bridgehead atoms. The van der Waals surface area contributed by atoms with Gasteiger partial charge in [0.2, 0.25) is 15.9 Å². The van der Waals surface area contributed by atoms with Gasteiger partial charge in [-0.05, 0) is 43.9 Å². The Hall–Kier alpha value is -2.57. The van der Waals surface area contributed by atoms with Crippen molar-refractivity contribution < 1.29 is 21.9 Å². The van der Waals surface area contributed by atoms with Gasteiger partial charge in [0.05, 0.1) is 10.5 Å². The molecular formula is C18H17F2N3O3S. The van der Waals surface area contributed by atoms with E-state index in [0.717, 1.165) is 12.1 Å². The van der Waals surface area contributed by atoms with Crippen LogP contribution in [0, 0.1) is 23.0 Å². The average Bonchev–Trinajstić information content (AvgIpc) is 2.63. The first-order valence-corrected chi connectivity index (χ1v) is 9.85. The van der Waals surface area contributed by atoms with Crippen molar-refractivity contribution in [3.8, 4) is 11.9 Å². The molecule has 0 atom stereocenters. The highest BCUT2D eigenvalue weighted by atomic mass is 32.2. The number of nitriles is 1. The van der Waals surface area contributed by atoms with E-state index < -0.39 is 26.6 Å². The highest BCUT2D eigenvalue weighted by Crippen LogP contribution is 2.24. The van der Waals surface area contributed by atoms with Gasteiger partial charge in [-0.1, -0.05) is 0 Å². The highest BCUT2D eigenvalue weighted by molar-refractivity contribution is 7.89. The van der Waals surface area contributed by atoms with E-state index in [4.69, 9.17) is 10.00 Å². The number of hydrogen-bond acceptors (Lipinski definition) is 5. The van der Waals surface area contributed by atoms with Crippen LogP contribution in [0.15, 0.2) is 41.4 Å². The maximum Gasteiger partial charge on any atom is 0.241 e. The molecule has 1 N–H and O–H groups in total. The second-order valence-electron chi connectivity index (χ2n) is 6.31. The lowest BCUT2D eigenvalue weighted by molar-refractivity contribution is 0.138. The largest absolute Gasteiger partial charge is 0.474 e. The molecule has 6 nitrogen and oxygen atoms in total. The van der Waals surface area contributed by atoms with Gasteiger partial charge < -0.3 is 4.74 Å². The minimum absolute atomic E-state index is 0.113. The molecule has 142 valence electrons. The van der Waals surface area contributed by atoms with Crippen LogP contribution < -0.4 is 9.46 Å². The fourth-order valence-electron chi connectivity index (χ4n) is 2.96. The molecule has 2 aromatic rings. The summed E-state index contributed by atoms with van der Waals surface area (Å²) in [6, 6.07) is 7.07. The summed E-state index contributed by atoms with van der Waals surface area (Å²) >= 11 is 0. The van der Waals surface area contributed by atoms with Crippen LogP contribution in [-0.4, -0.2) is 25.5 Å². The molecule has 9 heteroatoms. The second-order valence-corrected chi connectivity index (χ2v) is 8.03. The van der Waals surface area contributed by atoms with E-state index in [1.165, 1.54) is 6.20 Å². The molecule has 1 fully saturated rings. The van der Waals surface area contributed by atoms with Gasteiger partial charge in [0.15, 0.2) is 0 Å². The first-order chi connectivity index (χ1) is 12.9. The maximum atomic E-state index is 13.3. The van der Waals surface area contributed by atoms with Crippen LogP contribution in [0.3, 0.4) is 0 Å². The van der Waals surface area contributed by atoms with E-state index in [9.17, 15) is 17.2 Å². The summed E-state index contributed by atoms with van der Waals surface area (Å²) in [6.45, 7) is 0. The van der Waals surface area contributed by atoms with Crippen molar-refractivity contribution in [3.63, 3.8) is 0 Å². The van der Waals surface area contributed by atoms with E-state index in [-0.39, 0.29) is 12.1 Å². The van der Waals surface area contributed by atoms with Gasteiger partial charge in [0.1, 0.15) is 23.8 Å². The molecule has 1 aromatic heterocycles. The van der Waals surface area contributed by atoms with E-state index in [1.54, 1.807) is 12.1 Å². The zero-order valence-electron chi connectivity index (χ0n) is 14.2. The summed E-state index contributed by atoms with van der Waals surface area (Å²) in [5.74, 6) is -1.47. The summed E-state index contributed by atoms with van der Waals surface area (Å²) in [7, 11) is -4.00. The van der Waals surface area contributed by atoms with Crippen molar-refractivity contribution >= 4 is 10.0 Å². The van der Waals surface area contributed by atoms with Crippen LogP contribution in [-0.2, 0) is 10.0 Å². The Bertz CT molecular complexity index is 931. The number of ether oxygens (including phenoxy) is 1. The number of sulfonamides is 1. The SMILES string of the molecule is N#Cc1ccc(OC2CCC(NS(=O)(=O)c3cc(F)cc(F)c3)CC2)nc1. The predicted molar refractivity (Wildman–Crippen MR) is 92.3 cm³/mol. The molecule has 0 radical (unpaired) electrons. The highest BCUT2D eigenvalue weighted by Gasteiger charge is 2.27. The summed E-state index contributed by atoms with van der Waals surface area (Å²) in [6.07, 6.45) is 3.57. The van der Waals surface area contributed by atoms with Gasteiger partial charge in [-0.15, -0.1) is 0 Å². The first kappa shape index (κ1) is 19.2. The molecule has 0 spiro atoms. The minimum atomic E-state index is -4.00. The summed E-state index contributed by atoms with van der Waals surface area (Å²) in [5.41, 5.74) is 0.439. The van der Waals surface area contributed by atoms with E-state index >= 15 is 0 Å². The Morgan fingerprint density at radius 1 is 1.11 bits per heavy atom. The third-order valence-electron chi connectivity index (χ3n) is 4.30. The Morgan fingerprint density at radius 3 is 2.33 bits per heavy atom. The second kappa shape index (κ2) is 7.98. The molecule has 1 heterocycles. The molecule has 3 rings (SSSR count). The smallest absolute Gasteiger partial charge is 0.241 e. The number of rotatable bonds is 5. The Kier molecular flexibility index (Phi) is 5.68. The van der Waals surface area contributed by atoms with Gasteiger partial charge >= 0.3 is 0 Å². The normalized spacial score (nSPS) is 20.0. The monoisotopic (exact) mass is 393 g/mol. The molecule has 1 aliphatic carbocycles. The third kappa shape index (κ3) is 4.99. The Balaban J connectivity index is 1.56. The molecule has 0 aliphatic heterocycles. The lowest BCUT2D eigenvalue weighted by atomic mass is 9.94. The molecule has 1 aromatic carbocycles. The van der Waals surface area contributed by atoms with Crippen molar-refractivity contribution in [3.05, 3.63) is 53.7 Å². The topological polar surface area (TPSA) is 92.1 Å². The zero-order valence-corrected chi connectivity index (χ0v) is 15.0.